The zero-order valence-corrected chi connectivity index (χ0v) is 12.5. The highest BCUT2D eigenvalue weighted by atomic mass is 79.9. The number of fused-ring (bicyclic) bond motifs is 1. The van der Waals surface area contributed by atoms with Crippen LogP contribution in [0, 0.1) is 0 Å². The lowest BCUT2D eigenvalue weighted by Gasteiger charge is -1.95. The van der Waals surface area contributed by atoms with Crippen molar-refractivity contribution < 1.29 is 0 Å². The molecule has 0 aliphatic carbocycles. The number of rotatable bonds is 1. The van der Waals surface area contributed by atoms with Crippen molar-refractivity contribution in [2.75, 3.05) is 0 Å². The molecule has 2 nitrogen and oxygen atoms in total. The van der Waals surface area contributed by atoms with Gasteiger partial charge in [-0.25, -0.2) is 4.98 Å². The molecule has 3 aromatic rings. The minimum atomic E-state index is 0. The van der Waals surface area contributed by atoms with E-state index in [1.54, 1.807) is 0 Å². The van der Waals surface area contributed by atoms with Crippen LogP contribution in [0.5, 0.6) is 0 Å². The van der Waals surface area contributed by atoms with Crippen LogP contribution in [0.2, 0.25) is 9.36 Å². The van der Waals surface area contributed by atoms with Gasteiger partial charge >= 0.3 is 0 Å². The summed E-state index contributed by atoms with van der Waals surface area (Å²) in [5, 5.41) is 0.729. The largest absolute Gasteiger partial charge is 0.296 e. The van der Waals surface area contributed by atoms with Crippen LogP contribution in [0.15, 0.2) is 36.7 Å². The molecule has 0 unspecified atom stereocenters. The second-order valence-corrected chi connectivity index (χ2v) is 5.43. The predicted octanol–water partition coefficient (Wildman–Crippen LogP) is 4.95. The number of hydrogen-bond acceptors (Lipinski definition) is 2. The molecule has 0 N–H and O–H groups in total. The average Bonchev–Trinajstić information content (AvgIpc) is 2.75. The lowest BCUT2D eigenvalue weighted by atomic mass is 10.2. The van der Waals surface area contributed by atoms with Crippen molar-refractivity contribution in [2.45, 2.75) is 0 Å². The van der Waals surface area contributed by atoms with Gasteiger partial charge in [0.15, 0.2) is 4.96 Å². The van der Waals surface area contributed by atoms with E-state index in [-0.39, 0.29) is 17.0 Å². The van der Waals surface area contributed by atoms with Crippen LogP contribution >= 0.6 is 51.5 Å². The molecule has 0 aliphatic rings. The number of nitrogens with zero attached hydrogens (tertiary/aromatic N) is 2. The van der Waals surface area contributed by atoms with Gasteiger partial charge in [-0.3, -0.25) is 4.40 Å². The van der Waals surface area contributed by atoms with E-state index in [1.165, 1.54) is 11.3 Å². The first-order valence-electron chi connectivity index (χ1n) is 4.62. The van der Waals surface area contributed by atoms with E-state index in [1.807, 2.05) is 41.1 Å². The molecule has 88 valence electrons. The number of imidazole rings is 1. The summed E-state index contributed by atoms with van der Waals surface area (Å²) in [7, 11) is 0. The van der Waals surface area contributed by atoms with E-state index in [4.69, 9.17) is 23.2 Å². The maximum absolute atomic E-state index is 5.88. The average molecular weight is 350 g/mol. The Labute approximate surface area is 123 Å². The summed E-state index contributed by atoms with van der Waals surface area (Å²) in [6, 6.07) is 7.63. The van der Waals surface area contributed by atoms with E-state index in [0.717, 1.165) is 25.6 Å². The monoisotopic (exact) mass is 348 g/mol. The Balaban J connectivity index is 0.00000108. The topological polar surface area (TPSA) is 17.3 Å². The number of benzene rings is 1. The molecular weight excluding hydrogens is 343 g/mol. The summed E-state index contributed by atoms with van der Waals surface area (Å²) in [6.45, 7) is 0. The number of hydrogen-bond donors (Lipinski definition) is 0. The van der Waals surface area contributed by atoms with Crippen LogP contribution < -0.4 is 0 Å². The van der Waals surface area contributed by atoms with Crippen LogP contribution in [0.4, 0.5) is 0 Å². The Hall–Kier alpha value is -0.550. The van der Waals surface area contributed by atoms with E-state index in [2.05, 4.69) is 4.98 Å². The highest BCUT2D eigenvalue weighted by Gasteiger charge is 2.06. The van der Waals surface area contributed by atoms with Gasteiger partial charge in [-0.05, 0) is 12.1 Å². The number of halogens is 3. The second kappa shape index (κ2) is 4.98. The summed E-state index contributed by atoms with van der Waals surface area (Å²) < 4.78 is 2.67. The summed E-state index contributed by atoms with van der Waals surface area (Å²) in [5.74, 6) is 0. The first kappa shape index (κ1) is 12.9. The molecule has 0 radical (unpaired) electrons. The molecule has 2 heterocycles. The van der Waals surface area contributed by atoms with Gasteiger partial charge in [0, 0.05) is 23.0 Å². The smallest absolute Gasteiger partial charge is 0.195 e. The highest BCUT2D eigenvalue weighted by Crippen LogP contribution is 2.26. The molecule has 0 fully saturated rings. The zero-order valence-electron chi connectivity index (χ0n) is 8.43. The van der Waals surface area contributed by atoms with Gasteiger partial charge in [-0.1, -0.05) is 46.7 Å². The van der Waals surface area contributed by atoms with Gasteiger partial charge in [-0.2, -0.15) is 0 Å². The third kappa shape index (κ3) is 2.50. The Morgan fingerprint density at radius 2 is 1.76 bits per heavy atom. The molecular formula is C11H7BrCl2N2S. The van der Waals surface area contributed by atoms with Crippen molar-refractivity contribution >= 4 is 56.5 Å². The molecule has 0 aliphatic heterocycles. The SMILES string of the molecule is Br.Clc1ccc(-c2cn3cc(Cl)sc3n2)cc1. The van der Waals surface area contributed by atoms with Crippen molar-refractivity contribution in [2.24, 2.45) is 0 Å². The summed E-state index contributed by atoms with van der Waals surface area (Å²) in [5.41, 5.74) is 1.98. The van der Waals surface area contributed by atoms with Crippen molar-refractivity contribution in [1.29, 1.82) is 0 Å². The normalized spacial score (nSPS) is 10.5. The molecule has 0 spiro atoms. The fourth-order valence-electron chi connectivity index (χ4n) is 1.53. The molecule has 3 rings (SSSR count). The molecule has 0 bridgehead atoms. The van der Waals surface area contributed by atoms with Crippen molar-refractivity contribution in [3.8, 4) is 11.3 Å². The lowest BCUT2D eigenvalue weighted by molar-refractivity contribution is 1.23. The van der Waals surface area contributed by atoms with Gasteiger partial charge in [0.2, 0.25) is 0 Å². The van der Waals surface area contributed by atoms with E-state index >= 15 is 0 Å². The number of aromatic nitrogens is 2. The standard InChI is InChI=1S/C11H6Cl2N2S.BrH/c12-8-3-1-7(2-4-8)9-5-15-6-10(13)16-11(15)14-9;/h1-6H;1H. The third-order valence-electron chi connectivity index (χ3n) is 2.27. The Bertz CT molecular complexity index is 614. The highest BCUT2D eigenvalue weighted by molar-refractivity contribution is 8.93. The van der Waals surface area contributed by atoms with Crippen molar-refractivity contribution in [3.63, 3.8) is 0 Å². The Morgan fingerprint density at radius 3 is 2.41 bits per heavy atom. The molecule has 1 aromatic carbocycles. The quantitative estimate of drug-likeness (QED) is 0.607. The first-order chi connectivity index (χ1) is 7.72. The predicted molar refractivity (Wildman–Crippen MR) is 78.8 cm³/mol. The minimum Gasteiger partial charge on any atom is -0.296 e. The van der Waals surface area contributed by atoms with Gasteiger partial charge in [0.1, 0.15) is 4.34 Å². The molecule has 0 amide bonds. The van der Waals surface area contributed by atoms with Crippen molar-refractivity contribution in [3.05, 3.63) is 46.0 Å². The lowest BCUT2D eigenvalue weighted by Crippen LogP contribution is -1.75. The number of thiazole rings is 1. The summed E-state index contributed by atoms with van der Waals surface area (Å²) >= 11 is 13.2. The van der Waals surface area contributed by atoms with Gasteiger partial charge < -0.3 is 0 Å². The van der Waals surface area contributed by atoms with Gasteiger partial charge in [0.25, 0.3) is 0 Å². The molecule has 2 aromatic heterocycles. The van der Waals surface area contributed by atoms with Crippen LogP contribution in [0.1, 0.15) is 0 Å². The summed E-state index contributed by atoms with van der Waals surface area (Å²) in [6.07, 6.45) is 3.81. The van der Waals surface area contributed by atoms with E-state index < -0.39 is 0 Å². The molecule has 17 heavy (non-hydrogen) atoms. The van der Waals surface area contributed by atoms with Crippen LogP contribution in [-0.4, -0.2) is 9.38 Å². The molecule has 0 saturated carbocycles. The second-order valence-electron chi connectivity index (χ2n) is 3.36. The Morgan fingerprint density at radius 1 is 1.06 bits per heavy atom. The zero-order chi connectivity index (χ0) is 11.1. The maximum Gasteiger partial charge on any atom is 0.195 e. The summed E-state index contributed by atoms with van der Waals surface area (Å²) in [4.78, 5) is 5.39. The fraction of sp³-hybridized carbons (Fsp3) is 0. The fourth-order valence-corrected chi connectivity index (χ4v) is 2.66. The van der Waals surface area contributed by atoms with E-state index in [0.29, 0.717) is 0 Å². The maximum atomic E-state index is 5.88. The van der Waals surface area contributed by atoms with Crippen LogP contribution in [-0.2, 0) is 0 Å². The molecule has 0 atom stereocenters. The van der Waals surface area contributed by atoms with Crippen LogP contribution in [0.25, 0.3) is 16.2 Å². The van der Waals surface area contributed by atoms with E-state index in [9.17, 15) is 0 Å². The van der Waals surface area contributed by atoms with Gasteiger partial charge in [-0.15, -0.1) is 17.0 Å². The molecule has 6 heteroatoms. The van der Waals surface area contributed by atoms with Gasteiger partial charge in [0.05, 0.1) is 5.69 Å². The van der Waals surface area contributed by atoms with Crippen LogP contribution in [0.3, 0.4) is 0 Å². The minimum absolute atomic E-state index is 0. The molecule has 0 saturated heterocycles. The van der Waals surface area contributed by atoms with Crippen molar-refractivity contribution in [1.82, 2.24) is 9.38 Å². The Kier molecular flexibility index (Phi) is 3.78. The first-order valence-corrected chi connectivity index (χ1v) is 6.19. The third-order valence-corrected chi connectivity index (χ3v) is 3.63.